The van der Waals surface area contributed by atoms with Gasteiger partial charge in [-0.1, -0.05) is 0 Å². The second-order valence-electron chi connectivity index (χ2n) is 5.30. The van der Waals surface area contributed by atoms with Crippen LogP contribution in [0.3, 0.4) is 0 Å². The van der Waals surface area contributed by atoms with Crippen molar-refractivity contribution in [2.75, 3.05) is 33.4 Å². The van der Waals surface area contributed by atoms with Gasteiger partial charge in [-0.25, -0.2) is 4.98 Å². The van der Waals surface area contributed by atoms with E-state index in [4.69, 9.17) is 4.74 Å². The van der Waals surface area contributed by atoms with Gasteiger partial charge in [-0.05, 0) is 25.9 Å². The molecule has 0 aromatic carbocycles. The molecule has 2 rings (SSSR count). The summed E-state index contributed by atoms with van der Waals surface area (Å²) in [5.74, 6) is 0.829. The number of amides is 1. The van der Waals surface area contributed by atoms with Crippen molar-refractivity contribution in [3.8, 4) is 0 Å². The van der Waals surface area contributed by atoms with Gasteiger partial charge in [0.05, 0.1) is 12.0 Å². The summed E-state index contributed by atoms with van der Waals surface area (Å²) in [6.07, 6.45) is 3.94. The van der Waals surface area contributed by atoms with Crippen LogP contribution in [-0.2, 0) is 23.0 Å². The topological polar surface area (TPSA) is 81.1 Å². The average Bonchev–Trinajstić information content (AvgIpc) is 2.86. The molecule has 0 atom stereocenters. The highest BCUT2D eigenvalue weighted by Crippen LogP contribution is 2.29. The van der Waals surface area contributed by atoms with E-state index in [1.807, 2.05) is 7.05 Å². The molecule has 1 aromatic heterocycles. The first-order chi connectivity index (χ1) is 9.66. The van der Waals surface area contributed by atoms with Gasteiger partial charge in [0.15, 0.2) is 5.82 Å². The number of piperidine rings is 1. The summed E-state index contributed by atoms with van der Waals surface area (Å²) < 4.78 is 6.92. The number of nitrogens with zero attached hydrogens (tertiary/aromatic N) is 3. The summed E-state index contributed by atoms with van der Waals surface area (Å²) in [6, 6.07) is 0. The van der Waals surface area contributed by atoms with E-state index in [9.17, 15) is 4.79 Å². The molecule has 1 fully saturated rings. The Kier molecular flexibility index (Phi) is 5.08. The van der Waals surface area contributed by atoms with E-state index >= 15 is 0 Å². The Labute approximate surface area is 119 Å². The number of aromatic nitrogens is 3. The molecule has 7 nitrogen and oxygen atoms in total. The van der Waals surface area contributed by atoms with Crippen molar-refractivity contribution in [3.63, 3.8) is 0 Å². The second-order valence-corrected chi connectivity index (χ2v) is 5.30. The largest absolute Gasteiger partial charge is 0.384 e. The minimum atomic E-state index is -0.391. The third-order valence-corrected chi connectivity index (χ3v) is 3.74. The molecule has 0 spiro atoms. The molecule has 2 heterocycles. The minimum absolute atomic E-state index is 0.0804. The minimum Gasteiger partial charge on any atom is -0.384 e. The molecule has 1 aliphatic rings. The van der Waals surface area contributed by atoms with Gasteiger partial charge in [-0.15, -0.1) is 0 Å². The zero-order chi connectivity index (χ0) is 14.4. The predicted molar refractivity (Wildman–Crippen MR) is 74.1 cm³/mol. The predicted octanol–water partition coefficient (Wildman–Crippen LogP) is -0.510. The Bertz CT molecular complexity index is 434. The quantitative estimate of drug-likeness (QED) is 0.734. The molecule has 112 valence electrons. The van der Waals surface area contributed by atoms with Gasteiger partial charge < -0.3 is 15.4 Å². The molecule has 1 aliphatic heterocycles. The molecule has 1 saturated heterocycles. The third kappa shape index (κ3) is 3.55. The number of rotatable bonds is 6. The van der Waals surface area contributed by atoms with E-state index in [2.05, 4.69) is 20.7 Å². The molecule has 0 aliphatic carbocycles. The van der Waals surface area contributed by atoms with Crippen LogP contribution in [0.2, 0.25) is 0 Å². The lowest BCUT2D eigenvalue weighted by Crippen LogP contribution is -2.50. The maximum atomic E-state index is 12.4. The van der Waals surface area contributed by atoms with Crippen molar-refractivity contribution in [2.45, 2.75) is 19.3 Å². The zero-order valence-corrected chi connectivity index (χ0v) is 12.2. The van der Waals surface area contributed by atoms with Crippen molar-refractivity contribution in [1.82, 2.24) is 25.4 Å². The highest BCUT2D eigenvalue weighted by molar-refractivity contribution is 5.83. The molecule has 0 bridgehead atoms. The van der Waals surface area contributed by atoms with Gasteiger partial charge in [0.1, 0.15) is 6.33 Å². The fourth-order valence-electron chi connectivity index (χ4n) is 2.59. The first kappa shape index (κ1) is 14.9. The van der Waals surface area contributed by atoms with Crippen molar-refractivity contribution in [1.29, 1.82) is 0 Å². The molecule has 7 heteroatoms. The van der Waals surface area contributed by atoms with Crippen molar-refractivity contribution in [3.05, 3.63) is 12.2 Å². The lowest BCUT2D eigenvalue weighted by molar-refractivity contribution is -0.136. The lowest BCUT2D eigenvalue weighted by atomic mass is 9.78. The maximum absolute atomic E-state index is 12.4. The monoisotopic (exact) mass is 281 g/mol. The smallest absolute Gasteiger partial charge is 0.228 e. The normalized spacial score (nSPS) is 17.9. The van der Waals surface area contributed by atoms with Gasteiger partial charge in [0.2, 0.25) is 5.91 Å². The number of hydrogen-bond acceptors (Lipinski definition) is 5. The zero-order valence-electron chi connectivity index (χ0n) is 12.2. The first-order valence-corrected chi connectivity index (χ1v) is 6.99. The summed E-state index contributed by atoms with van der Waals surface area (Å²) in [4.78, 5) is 16.6. The van der Waals surface area contributed by atoms with E-state index in [-0.39, 0.29) is 5.91 Å². The number of carbonyl (C=O) groups excluding carboxylic acids is 1. The van der Waals surface area contributed by atoms with Crippen LogP contribution in [0.4, 0.5) is 0 Å². The molecule has 0 saturated carbocycles. The Balaban J connectivity index is 1.85. The van der Waals surface area contributed by atoms with Crippen LogP contribution in [0.25, 0.3) is 0 Å². The fourth-order valence-corrected chi connectivity index (χ4v) is 2.59. The van der Waals surface area contributed by atoms with Gasteiger partial charge >= 0.3 is 0 Å². The van der Waals surface area contributed by atoms with Crippen LogP contribution in [0.15, 0.2) is 6.33 Å². The number of ether oxygens (including phenoxy) is 1. The third-order valence-electron chi connectivity index (χ3n) is 3.74. The van der Waals surface area contributed by atoms with Crippen LogP contribution in [0, 0.1) is 5.41 Å². The molecule has 2 N–H and O–H groups in total. The Morgan fingerprint density at radius 1 is 1.55 bits per heavy atom. The van der Waals surface area contributed by atoms with E-state index in [0.717, 1.165) is 31.8 Å². The van der Waals surface area contributed by atoms with Gasteiger partial charge in [0.25, 0.3) is 0 Å². The van der Waals surface area contributed by atoms with Gasteiger partial charge in [-0.3, -0.25) is 9.48 Å². The summed E-state index contributed by atoms with van der Waals surface area (Å²) in [7, 11) is 3.48. The molecule has 20 heavy (non-hydrogen) atoms. The Hall–Kier alpha value is -1.47. The number of hydrogen-bond donors (Lipinski definition) is 2. The summed E-state index contributed by atoms with van der Waals surface area (Å²) >= 11 is 0. The van der Waals surface area contributed by atoms with E-state index in [1.54, 1.807) is 18.1 Å². The van der Waals surface area contributed by atoms with Crippen LogP contribution in [0.5, 0.6) is 0 Å². The fraction of sp³-hybridized carbons (Fsp3) is 0.769. The molecular formula is C13H23N5O2. The van der Waals surface area contributed by atoms with E-state index in [1.165, 1.54) is 0 Å². The molecule has 1 amide bonds. The van der Waals surface area contributed by atoms with E-state index < -0.39 is 5.41 Å². The van der Waals surface area contributed by atoms with Crippen LogP contribution in [-0.4, -0.2) is 54.0 Å². The highest BCUT2D eigenvalue weighted by atomic mass is 16.5. The number of nitrogens with one attached hydrogen (secondary N) is 2. The number of carbonyl (C=O) groups is 1. The second kappa shape index (κ2) is 6.81. The van der Waals surface area contributed by atoms with E-state index in [0.29, 0.717) is 19.6 Å². The van der Waals surface area contributed by atoms with Crippen molar-refractivity contribution < 1.29 is 9.53 Å². The lowest BCUT2D eigenvalue weighted by Gasteiger charge is -2.35. The average molecular weight is 281 g/mol. The first-order valence-electron chi connectivity index (χ1n) is 6.99. The van der Waals surface area contributed by atoms with Crippen LogP contribution in [0.1, 0.15) is 18.7 Å². The highest BCUT2D eigenvalue weighted by Gasteiger charge is 2.39. The molecule has 0 unspecified atom stereocenters. The number of methoxy groups -OCH3 is 1. The molecule has 1 aromatic rings. The van der Waals surface area contributed by atoms with Crippen molar-refractivity contribution in [2.24, 2.45) is 12.5 Å². The van der Waals surface area contributed by atoms with Gasteiger partial charge in [0, 0.05) is 27.1 Å². The standard InChI is InChI=1S/C13H23N5O2/c1-18-10-16-11(17-18)3-6-15-12(19)13(9-20-2)4-7-14-8-5-13/h10,14H,3-9H2,1-2H3,(H,15,19). The van der Waals surface area contributed by atoms with Crippen LogP contribution < -0.4 is 10.6 Å². The van der Waals surface area contributed by atoms with Crippen LogP contribution >= 0.6 is 0 Å². The summed E-state index contributed by atoms with van der Waals surface area (Å²) in [6.45, 7) is 2.75. The summed E-state index contributed by atoms with van der Waals surface area (Å²) in [5, 5.41) is 10.5. The molecular weight excluding hydrogens is 258 g/mol. The summed E-state index contributed by atoms with van der Waals surface area (Å²) in [5.41, 5.74) is -0.391. The number of aryl methyl sites for hydroxylation is 1. The van der Waals surface area contributed by atoms with Crippen molar-refractivity contribution >= 4 is 5.91 Å². The SMILES string of the molecule is COCC1(C(=O)NCCc2ncn(C)n2)CCNCC1. The van der Waals surface area contributed by atoms with Gasteiger partial charge in [-0.2, -0.15) is 5.10 Å². The Morgan fingerprint density at radius 3 is 2.90 bits per heavy atom. The Morgan fingerprint density at radius 2 is 2.30 bits per heavy atom. The molecule has 0 radical (unpaired) electrons. The maximum Gasteiger partial charge on any atom is 0.228 e.